The number of nitrogens with one attached hydrogen (secondary N) is 1. The van der Waals surface area contributed by atoms with E-state index in [9.17, 15) is 14.7 Å². The van der Waals surface area contributed by atoms with Crippen LogP contribution < -0.4 is 20.1 Å². The second-order valence-corrected chi connectivity index (χ2v) is 16.9. The zero-order valence-corrected chi connectivity index (χ0v) is 26.5. The van der Waals surface area contributed by atoms with E-state index >= 15 is 0 Å². The number of methoxy groups -OCH3 is 1. The van der Waals surface area contributed by atoms with Crippen LogP contribution in [-0.2, 0) is 15.1 Å². The van der Waals surface area contributed by atoms with Crippen molar-refractivity contribution in [3.8, 4) is 5.75 Å². The molecule has 0 aromatic heterocycles. The highest BCUT2D eigenvalue weighted by Gasteiger charge is 2.66. The Morgan fingerprint density at radius 1 is 0.977 bits per heavy atom. The first-order chi connectivity index (χ1) is 21.2. The van der Waals surface area contributed by atoms with Crippen molar-refractivity contribution in [2.45, 2.75) is 43.7 Å². The maximum Gasteiger partial charge on any atom is 0.268 e. The first kappa shape index (κ1) is 29.8. The molecule has 0 bridgehead atoms. The molecule has 8 heteroatoms. The van der Waals surface area contributed by atoms with E-state index in [4.69, 9.17) is 9.47 Å². The lowest BCUT2D eigenvalue weighted by atomic mass is 9.82. The van der Waals surface area contributed by atoms with Crippen molar-refractivity contribution < 1.29 is 24.2 Å². The number of anilines is 3. The Bertz CT molecular complexity index is 1660. The summed E-state index contributed by atoms with van der Waals surface area (Å²) in [7, 11) is -0.651. The monoisotopic (exact) mass is 606 g/mol. The molecule has 2 aliphatic heterocycles. The minimum atomic E-state index is -2.31. The number of carbonyl (C=O) groups excluding carboxylic acids is 2. The number of aliphatic hydroxyl groups is 1. The van der Waals surface area contributed by atoms with Crippen molar-refractivity contribution in [3.05, 3.63) is 114 Å². The van der Waals surface area contributed by atoms with Crippen molar-refractivity contribution >= 4 is 42.1 Å². The zero-order valence-electron chi connectivity index (χ0n) is 25.5. The molecule has 44 heavy (non-hydrogen) atoms. The van der Waals surface area contributed by atoms with Crippen molar-refractivity contribution in [1.82, 2.24) is 0 Å². The third-order valence-electron chi connectivity index (χ3n) is 9.47. The fourth-order valence-electron chi connectivity index (χ4n) is 7.34. The zero-order chi connectivity index (χ0) is 31.1. The number of ether oxygens (including phenoxy) is 2. The summed E-state index contributed by atoms with van der Waals surface area (Å²) in [6.45, 7) is 6.70. The normalized spacial score (nSPS) is 22.7. The molecule has 0 radical (unpaired) electrons. The van der Waals surface area contributed by atoms with E-state index in [1.165, 1.54) is 5.19 Å². The highest BCUT2D eigenvalue weighted by molar-refractivity contribution is 6.91. The number of rotatable bonds is 8. The van der Waals surface area contributed by atoms with Gasteiger partial charge in [-0.25, -0.2) is 0 Å². The molecule has 226 valence electrons. The van der Waals surface area contributed by atoms with Gasteiger partial charge in [-0.05, 0) is 66.6 Å². The van der Waals surface area contributed by atoms with Gasteiger partial charge in [0.2, 0.25) is 0 Å². The first-order valence-electron chi connectivity index (χ1n) is 15.1. The van der Waals surface area contributed by atoms with Gasteiger partial charge in [0.15, 0.2) is 5.60 Å². The van der Waals surface area contributed by atoms with Gasteiger partial charge in [-0.15, -0.1) is 0 Å². The van der Waals surface area contributed by atoms with Crippen molar-refractivity contribution in [2.75, 3.05) is 23.9 Å². The maximum absolute atomic E-state index is 14.8. The van der Waals surface area contributed by atoms with Crippen LogP contribution in [0.1, 0.15) is 29.3 Å². The number of fused-ring (bicyclic) bond motifs is 2. The Kier molecular flexibility index (Phi) is 7.92. The molecule has 1 spiro atoms. The molecule has 1 fully saturated rings. The number of para-hydroxylation sites is 1. The quantitative estimate of drug-likeness (QED) is 0.233. The Labute approximate surface area is 259 Å². The van der Waals surface area contributed by atoms with Crippen LogP contribution in [0.5, 0.6) is 5.75 Å². The van der Waals surface area contributed by atoms with Crippen LogP contribution in [0.25, 0.3) is 0 Å². The van der Waals surface area contributed by atoms with E-state index in [2.05, 4.69) is 37.5 Å². The molecule has 4 atom stereocenters. The summed E-state index contributed by atoms with van der Waals surface area (Å²) in [6, 6.07) is 32.5. The van der Waals surface area contributed by atoms with Gasteiger partial charge < -0.3 is 19.9 Å². The summed E-state index contributed by atoms with van der Waals surface area (Å²) < 4.78 is 12.4. The summed E-state index contributed by atoms with van der Waals surface area (Å²) in [4.78, 5) is 29.7. The van der Waals surface area contributed by atoms with Crippen LogP contribution in [0.15, 0.2) is 103 Å². The molecule has 2 amide bonds. The topological polar surface area (TPSA) is 88.1 Å². The van der Waals surface area contributed by atoms with Crippen molar-refractivity contribution in [2.24, 2.45) is 5.92 Å². The number of benzene rings is 4. The highest BCUT2D eigenvalue weighted by Crippen LogP contribution is 2.61. The minimum Gasteiger partial charge on any atom is -0.497 e. The number of hydrogen-bond donors (Lipinski definition) is 2. The fourth-order valence-corrected chi connectivity index (χ4v) is 11.4. The first-order valence-corrected chi connectivity index (χ1v) is 18.1. The minimum absolute atomic E-state index is 0.0122. The average Bonchev–Trinajstić information content (AvgIpc) is 3.48. The van der Waals surface area contributed by atoms with E-state index in [1.807, 2.05) is 78.9 Å². The summed E-state index contributed by atoms with van der Waals surface area (Å²) in [5, 5.41) is 14.4. The van der Waals surface area contributed by atoms with Gasteiger partial charge in [0.05, 0.1) is 27.0 Å². The molecular formula is C36H38N2O5Si. The smallest absolute Gasteiger partial charge is 0.268 e. The van der Waals surface area contributed by atoms with E-state index in [-0.39, 0.29) is 36.0 Å². The summed E-state index contributed by atoms with van der Waals surface area (Å²) in [5.41, 5.74) is 2.07. The van der Waals surface area contributed by atoms with E-state index in [0.29, 0.717) is 17.7 Å². The SMILES string of the molecule is COc1ccc([Si](C)(C)[C@H]2[C@H](CCO)O[C@@]3(C(=O)N(c4ccccc4)c4ccc(NC(=O)c5ccccc5)cc43)[C@@H]2C)cc1. The van der Waals surface area contributed by atoms with Crippen molar-refractivity contribution in [1.29, 1.82) is 0 Å². The van der Waals surface area contributed by atoms with Gasteiger partial charge >= 0.3 is 0 Å². The average molecular weight is 607 g/mol. The van der Waals surface area contributed by atoms with Crippen LogP contribution in [0, 0.1) is 5.92 Å². The van der Waals surface area contributed by atoms with Gasteiger partial charge in [-0.3, -0.25) is 14.5 Å². The molecule has 2 heterocycles. The summed E-state index contributed by atoms with van der Waals surface area (Å²) in [6.07, 6.45) is 0.0794. The standard InChI is InChI=1S/C36H38N2O5Si/c1-24-33(44(3,4)29-18-16-28(42-2)17-19-29)32(21-22-39)43-36(24)30-23-26(37-34(40)25-11-7-5-8-12-25)15-20-31(30)38(35(36)41)27-13-9-6-10-14-27/h5-20,23-24,32-33,39H,21-22H2,1-4H3,(H,37,40)/t24-,32+,33-,36+/m1/s1. The Balaban J connectivity index is 1.47. The lowest BCUT2D eigenvalue weighted by Crippen LogP contribution is -2.51. The van der Waals surface area contributed by atoms with Gasteiger partial charge in [-0.1, -0.05) is 73.7 Å². The van der Waals surface area contributed by atoms with E-state index in [0.717, 1.165) is 22.7 Å². The molecule has 2 N–H and O–H groups in total. The molecule has 0 saturated carbocycles. The predicted molar refractivity (Wildman–Crippen MR) is 176 cm³/mol. The van der Waals surface area contributed by atoms with Crippen LogP contribution in [-0.4, -0.2) is 44.8 Å². The Morgan fingerprint density at radius 3 is 2.27 bits per heavy atom. The second kappa shape index (κ2) is 11.7. The Morgan fingerprint density at radius 2 is 1.64 bits per heavy atom. The molecule has 4 aromatic carbocycles. The van der Waals surface area contributed by atoms with Crippen LogP contribution >= 0.6 is 0 Å². The van der Waals surface area contributed by atoms with Gasteiger partial charge in [0, 0.05) is 35.0 Å². The van der Waals surface area contributed by atoms with E-state index in [1.54, 1.807) is 24.1 Å². The highest BCUT2D eigenvalue weighted by atomic mass is 28.3. The summed E-state index contributed by atoms with van der Waals surface area (Å²) in [5.74, 6) is 0.194. The van der Waals surface area contributed by atoms with E-state index < -0.39 is 13.7 Å². The lowest BCUT2D eigenvalue weighted by Gasteiger charge is -2.37. The number of aliphatic hydroxyl groups excluding tert-OH is 1. The number of nitrogens with zero attached hydrogens (tertiary/aromatic N) is 1. The molecule has 2 aliphatic rings. The summed E-state index contributed by atoms with van der Waals surface area (Å²) >= 11 is 0. The lowest BCUT2D eigenvalue weighted by molar-refractivity contribution is -0.145. The molecule has 4 aromatic rings. The third kappa shape index (κ3) is 4.83. The van der Waals surface area contributed by atoms with Crippen LogP contribution in [0.4, 0.5) is 17.1 Å². The molecule has 7 nitrogen and oxygen atoms in total. The van der Waals surface area contributed by atoms with Crippen LogP contribution in [0.3, 0.4) is 0 Å². The van der Waals surface area contributed by atoms with Crippen LogP contribution in [0.2, 0.25) is 18.6 Å². The third-order valence-corrected chi connectivity index (χ3v) is 13.8. The van der Waals surface area contributed by atoms with Gasteiger partial charge in [0.25, 0.3) is 11.8 Å². The number of amides is 2. The Hall–Kier alpha value is -4.24. The molecule has 1 saturated heterocycles. The molecule has 6 rings (SSSR count). The maximum atomic E-state index is 14.8. The van der Waals surface area contributed by atoms with Gasteiger partial charge in [0.1, 0.15) is 5.75 Å². The number of hydrogen-bond acceptors (Lipinski definition) is 5. The van der Waals surface area contributed by atoms with Gasteiger partial charge in [-0.2, -0.15) is 0 Å². The second-order valence-electron chi connectivity index (χ2n) is 12.2. The number of carbonyl (C=O) groups is 2. The molecular weight excluding hydrogens is 568 g/mol. The van der Waals surface area contributed by atoms with Crippen molar-refractivity contribution in [3.63, 3.8) is 0 Å². The molecule has 0 aliphatic carbocycles. The fraction of sp³-hybridized carbons (Fsp3) is 0.278. The molecule has 0 unspecified atom stereocenters. The largest absolute Gasteiger partial charge is 0.497 e. The predicted octanol–water partition coefficient (Wildman–Crippen LogP) is 6.22.